The Kier molecular flexibility index (Phi) is 5.34. The van der Waals surface area contributed by atoms with Gasteiger partial charge in [0.25, 0.3) is 12.3 Å². The van der Waals surface area contributed by atoms with Gasteiger partial charge in [-0.05, 0) is 42.5 Å². The second kappa shape index (κ2) is 8.31. The van der Waals surface area contributed by atoms with Crippen molar-refractivity contribution in [3.63, 3.8) is 0 Å². The molecule has 1 aliphatic rings. The third-order valence-corrected chi connectivity index (χ3v) is 6.70. The Hall–Kier alpha value is -3.33. The van der Waals surface area contributed by atoms with Crippen LogP contribution in [0.3, 0.4) is 0 Å². The maximum Gasteiger partial charge on any atom is 0.280 e. The van der Waals surface area contributed by atoms with Gasteiger partial charge in [0.05, 0.1) is 25.0 Å². The van der Waals surface area contributed by atoms with Crippen molar-refractivity contribution < 1.29 is 18.3 Å². The molecule has 5 rings (SSSR count). The Balaban J connectivity index is 1.63. The van der Waals surface area contributed by atoms with Crippen molar-refractivity contribution in [2.24, 2.45) is 0 Å². The molecule has 4 aromatic rings. The van der Waals surface area contributed by atoms with Gasteiger partial charge >= 0.3 is 0 Å². The Bertz CT molecular complexity index is 1270. The van der Waals surface area contributed by atoms with Crippen LogP contribution < -0.4 is 4.74 Å². The highest BCUT2D eigenvalue weighted by Gasteiger charge is 2.33. The summed E-state index contributed by atoms with van der Waals surface area (Å²) in [5.41, 5.74) is 0.872. The van der Waals surface area contributed by atoms with Crippen LogP contribution in [0.4, 0.5) is 8.78 Å². The lowest BCUT2D eigenvalue weighted by atomic mass is 10.1. The first-order chi connectivity index (χ1) is 15.6. The van der Waals surface area contributed by atoms with Crippen LogP contribution in [-0.2, 0) is 0 Å². The van der Waals surface area contributed by atoms with Gasteiger partial charge in [-0.25, -0.2) is 18.3 Å². The number of benzene rings is 1. The number of para-hydroxylation sites is 1. The SMILES string of the molecule is COc1ccccc1-c1cc(C(F)F)n2ncc(C(=O)N3CCCC3c3cccs3)c2n1. The van der Waals surface area contributed by atoms with Gasteiger partial charge in [0, 0.05) is 17.0 Å². The van der Waals surface area contributed by atoms with E-state index in [-0.39, 0.29) is 28.9 Å². The van der Waals surface area contributed by atoms with Gasteiger partial charge in [-0.15, -0.1) is 11.3 Å². The number of hydrogen-bond donors (Lipinski definition) is 0. The number of fused-ring (bicyclic) bond motifs is 1. The van der Waals surface area contributed by atoms with Crippen LogP contribution in [0.2, 0.25) is 0 Å². The van der Waals surface area contributed by atoms with Gasteiger partial charge in [-0.1, -0.05) is 18.2 Å². The molecule has 1 saturated heterocycles. The van der Waals surface area contributed by atoms with Crippen molar-refractivity contribution in [1.82, 2.24) is 19.5 Å². The van der Waals surface area contributed by atoms with Gasteiger partial charge in [-0.2, -0.15) is 5.10 Å². The molecule has 0 N–H and O–H groups in total. The quantitative estimate of drug-likeness (QED) is 0.406. The van der Waals surface area contributed by atoms with Gasteiger partial charge in [-0.3, -0.25) is 4.79 Å². The standard InChI is InChI=1S/C23H20F2N4O2S/c1-31-19-8-3-2-6-14(19)16-12-18(21(24)25)29-22(27-16)15(13-26-29)23(30)28-10-4-7-17(28)20-9-5-11-32-20/h2-3,5-6,8-9,11-13,17,21H,4,7,10H2,1H3. The van der Waals surface area contributed by atoms with Crippen molar-refractivity contribution in [3.8, 4) is 17.0 Å². The number of hydrogen-bond acceptors (Lipinski definition) is 5. The summed E-state index contributed by atoms with van der Waals surface area (Å²) in [7, 11) is 1.51. The lowest BCUT2D eigenvalue weighted by Crippen LogP contribution is -2.30. The van der Waals surface area contributed by atoms with Crippen LogP contribution >= 0.6 is 11.3 Å². The molecule has 3 aromatic heterocycles. The number of alkyl halides is 2. The molecular weight excluding hydrogens is 434 g/mol. The minimum atomic E-state index is -2.79. The Morgan fingerprint density at radius 3 is 2.84 bits per heavy atom. The monoisotopic (exact) mass is 454 g/mol. The summed E-state index contributed by atoms with van der Waals surface area (Å²) in [6.45, 7) is 0.604. The average Bonchev–Trinajstić information content (AvgIpc) is 3.57. The van der Waals surface area contributed by atoms with Gasteiger partial charge < -0.3 is 9.64 Å². The first-order valence-electron chi connectivity index (χ1n) is 10.2. The minimum Gasteiger partial charge on any atom is -0.496 e. The number of ether oxygens (including phenoxy) is 1. The van der Waals surface area contributed by atoms with Crippen LogP contribution in [0, 0.1) is 0 Å². The molecule has 1 aromatic carbocycles. The fourth-order valence-corrected chi connectivity index (χ4v) is 5.10. The van der Waals surface area contributed by atoms with E-state index in [1.54, 1.807) is 40.5 Å². The summed E-state index contributed by atoms with van der Waals surface area (Å²) in [4.78, 5) is 21.0. The van der Waals surface area contributed by atoms with Crippen LogP contribution in [0.1, 0.15) is 46.2 Å². The molecule has 4 heterocycles. The molecule has 1 aliphatic heterocycles. The number of carbonyl (C=O) groups excluding carboxylic acids is 1. The maximum atomic E-state index is 13.9. The lowest BCUT2D eigenvalue weighted by molar-refractivity contribution is 0.0739. The predicted octanol–water partition coefficient (Wildman–Crippen LogP) is 5.38. The third-order valence-electron chi connectivity index (χ3n) is 5.72. The predicted molar refractivity (Wildman–Crippen MR) is 117 cm³/mol. The molecule has 6 nitrogen and oxygen atoms in total. The zero-order valence-electron chi connectivity index (χ0n) is 17.2. The van der Waals surface area contributed by atoms with Crippen molar-refractivity contribution in [1.29, 1.82) is 0 Å². The Morgan fingerprint density at radius 1 is 1.25 bits per heavy atom. The summed E-state index contributed by atoms with van der Waals surface area (Å²) in [5, 5.41) is 6.08. The number of amides is 1. The molecule has 0 spiro atoms. The van der Waals surface area contributed by atoms with E-state index in [1.165, 1.54) is 19.4 Å². The zero-order valence-corrected chi connectivity index (χ0v) is 18.1. The van der Waals surface area contributed by atoms with E-state index in [1.807, 2.05) is 17.5 Å². The van der Waals surface area contributed by atoms with Crippen LogP contribution in [0.25, 0.3) is 16.9 Å². The largest absolute Gasteiger partial charge is 0.496 e. The summed E-state index contributed by atoms with van der Waals surface area (Å²) >= 11 is 1.61. The molecule has 0 saturated carbocycles. The normalized spacial score (nSPS) is 16.2. The highest BCUT2D eigenvalue weighted by Crippen LogP contribution is 2.37. The molecule has 164 valence electrons. The number of rotatable bonds is 5. The number of nitrogens with zero attached hydrogens (tertiary/aromatic N) is 4. The molecule has 1 amide bonds. The zero-order chi connectivity index (χ0) is 22.2. The van der Waals surface area contributed by atoms with Crippen molar-refractivity contribution in [2.45, 2.75) is 25.3 Å². The van der Waals surface area contributed by atoms with E-state index in [2.05, 4.69) is 10.1 Å². The first-order valence-corrected chi connectivity index (χ1v) is 11.1. The Morgan fingerprint density at radius 2 is 2.09 bits per heavy atom. The highest BCUT2D eigenvalue weighted by atomic mass is 32.1. The number of likely N-dealkylation sites (tertiary alicyclic amines) is 1. The maximum absolute atomic E-state index is 13.9. The summed E-state index contributed by atoms with van der Waals surface area (Å²) in [6, 6.07) is 12.3. The van der Waals surface area contributed by atoms with Crippen LogP contribution in [-0.4, -0.2) is 39.1 Å². The van der Waals surface area contributed by atoms with E-state index >= 15 is 0 Å². The number of methoxy groups -OCH3 is 1. The highest BCUT2D eigenvalue weighted by molar-refractivity contribution is 7.10. The molecule has 32 heavy (non-hydrogen) atoms. The molecular formula is C23H20F2N4O2S. The fourth-order valence-electron chi connectivity index (χ4n) is 4.23. The third kappa shape index (κ3) is 3.42. The molecule has 1 fully saturated rings. The van der Waals surface area contributed by atoms with Gasteiger partial charge in [0.2, 0.25) is 0 Å². The van der Waals surface area contributed by atoms with Crippen LogP contribution in [0.15, 0.2) is 54.0 Å². The molecule has 1 atom stereocenters. The second-order valence-corrected chi connectivity index (χ2v) is 8.51. The smallest absolute Gasteiger partial charge is 0.280 e. The summed E-state index contributed by atoms with van der Waals surface area (Å²) in [5.74, 6) is 0.259. The second-order valence-electron chi connectivity index (χ2n) is 7.53. The number of thiophene rings is 1. The molecule has 0 aliphatic carbocycles. The van der Waals surface area contributed by atoms with E-state index in [0.29, 0.717) is 23.6 Å². The minimum absolute atomic E-state index is 0.0237. The number of carbonyl (C=O) groups is 1. The molecule has 1 unspecified atom stereocenters. The fraction of sp³-hybridized carbons (Fsp3) is 0.261. The van der Waals surface area contributed by atoms with E-state index in [4.69, 9.17) is 4.74 Å². The Labute approximate surface area is 187 Å². The van der Waals surface area contributed by atoms with E-state index in [9.17, 15) is 13.6 Å². The lowest BCUT2D eigenvalue weighted by Gasteiger charge is -2.23. The van der Waals surface area contributed by atoms with E-state index < -0.39 is 6.43 Å². The van der Waals surface area contributed by atoms with Crippen molar-refractivity contribution in [2.75, 3.05) is 13.7 Å². The van der Waals surface area contributed by atoms with E-state index in [0.717, 1.165) is 22.2 Å². The van der Waals surface area contributed by atoms with Crippen LogP contribution in [0.5, 0.6) is 5.75 Å². The topological polar surface area (TPSA) is 59.7 Å². The van der Waals surface area contributed by atoms with Crippen molar-refractivity contribution >= 4 is 22.9 Å². The molecule has 0 radical (unpaired) electrons. The number of aromatic nitrogens is 3. The van der Waals surface area contributed by atoms with Crippen molar-refractivity contribution in [3.05, 3.63) is 70.2 Å². The summed E-state index contributed by atoms with van der Waals surface area (Å²) < 4.78 is 34.3. The number of halogens is 2. The first kappa shape index (κ1) is 20.6. The van der Waals surface area contributed by atoms with Gasteiger partial charge in [0.15, 0.2) is 5.65 Å². The van der Waals surface area contributed by atoms with Gasteiger partial charge in [0.1, 0.15) is 17.0 Å². The molecule has 9 heteroatoms. The summed E-state index contributed by atoms with van der Waals surface area (Å²) in [6.07, 6.45) is 0.304. The molecule has 0 bridgehead atoms. The average molecular weight is 455 g/mol.